The van der Waals surface area contributed by atoms with Crippen molar-refractivity contribution in [1.82, 2.24) is 15.5 Å². The van der Waals surface area contributed by atoms with E-state index in [1.54, 1.807) is 11.9 Å². The topological polar surface area (TPSA) is 70.7 Å². The van der Waals surface area contributed by atoms with Crippen molar-refractivity contribution in [2.45, 2.75) is 12.6 Å². The third kappa shape index (κ3) is 3.96. The fourth-order valence-electron chi connectivity index (χ4n) is 1.98. The minimum absolute atomic E-state index is 0.105. The highest BCUT2D eigenvalue weighted by atomic mass is 16.5. The smallest absolute Gasteiger partial charge is 0.408 e. The first-order valence-corrected chi connectivity index (χ1v) is 6.60. The van der Waals surface area contributed by atoms with Gasteiger partial charge in [0.1, 0.15) is 12.6 Å². The van der Waals surface area contributed by atoms with Gasteiger partial charge < -0.3 is 20.3 Å². The van der Waals surface area contributed by atoms with Crippen molar-refractivity contribution in [2.75, 3.05) is 26.7 Å². The van der Waals surface area contributed by atoms with Crippen LogP contribution in [0.2, 0.25) is 0 Å². The molecular formula is C14H19N3O3. The Morgan fingerprint density at radius 3 is 2.95 bits per heavy atom. The zero-order chi connectivity index (χ0) is 14.4. The quantitative estimate of drug-likeness (QED) is 0.836. The molecule has 1 saturated heterocycles. The van der Waals surface area contributed by atoms with Crippen LogP contribution < -0.4 is 10.6 Å². The lowest BCUT2D eigenvalue weighted by molar-refractivity contribution is -0.131. The number of rotatable bonds is 3. The molecule has 0 aliphatic carbocycles. The van der Waals surface area contributed by atoms with Gasteiger partial charge >= 0.3 is 6.09 Å². The van der Waals surface area contributed by atoms with Crippen LogP contribution in [-0.2, 0) is 16.1 Å². The number of carbonyl (C=O) groups excluding carboxylic acids is 2. The van der Waals surface area contributed by atoms with Crippen molar-refractivity contribution >= 4 is 12.0 Å². The molecular weight excluding hydrogens is 258 g/mol. The number of hydrogen-bond donors (Lipinski definition) is 2. The van der Waals surface area contributed by atoms with Crippen molar-refractivity contribution in [3.63, 3.8) is 0 Å². The summed E-state index contributed by atoms with van der Waals surface area (Å²) < 4.78 is 5.11. The summed E-state index contributed by atoms with van der Waals surface area (Å²) in [5.41, 5.74) is 0.907. The molecule has 0 spiro atoms. The molecule has 1 atom stereocenters. The second-order valence-electron chi connectivity index (χ2n) is 4.72. The number of nitrogens with zero attached hydrogens (tertiary/aromatic N) is 1. The first-order chi connectivity index (χ1) is 9.66. The van der Waals surface area contributed by atoms with E-state index < -0.39 is 12.1 Å². The average Bonchev–Trinajstić information content (AvgIpc) is 2.62. The summed E-state index contributed by atoms with van der Waals surface area (Å²) in [6, 6.07) is 8.83. The molecule has 1 aromatic rings. The number of benzene rings is 1. The van der Waals surface area contributed by atoms with E-state index in [0.717, 1.165) is 12.1 Å². The number of nitrogens with one attached hydrogen (secondary N) is 2. The van der Waals surface area contributed by atoms with Gasteiger partial charge in [-0.05, 0) is 5.56 Å². The van der Waals surface area contributed by atoms with E-state index in [-0.39, 0.29) is 12.5 Å². The minimum Gasteiger partial charge on any atom is -0.445 e. The van der Waals surface area contributed by atoms with Crippen LogP contribution in [0.3, 0.4) is 0 Å². The van der Waals surface area contributed by atoms with Gasteiger partial charge in [-0.1, -0.05) is 30.3 Å². The average molecular weight is 277 g/mol. The molecule has 1 heterocycles. The summed E-state index contributed by atoms with van der Waals surface area (Å²) in [6.45, 7) is 1.97. The highest BCUT2D eigenvalue weighted by Gasteiger charge is 2.26. The Morgan fingerprint density at radius 1 is 1.45 bits per heavy atom. The van der Waals surface area contributed by atoms with E-state index in [0.29, 0.717) is 13.1 Å². The third-order valence-electron chi connectivity index (χ3n) is 3.15. The molecule has 20 heavy (non-hydrogen) atoms. The molecule has 0 radical (unpaired) electrons. The lowest BCUT2D eigenvalue weighted by atomic mass is 10.2. The van der Waals surface area contributed by atoms with Crippen LogP contribution in [0.5, 0.6) is 0 Å². The SMILES string of the molecule is CN1CCNC[C@H](NC(=O)OCc2ccccc2)C1=O. The van der Waals surface area contributed by atoms with Gasteiger partial charge in [-0.15, -0.1) is 0 Å². The molecule has 0 saturated carbocycles. The summed E-state index contributed by atoms with van der Waals surface area (Å²) in [5, 5.41) is 5.70. The standard InChI is InChI=1S/C14H19N3O3/c1-17-8-7-15-9-12(13(17)18)16-14(19)20-10-11-5-3-2-4-6-11/h2-6,12,15H,7-10H2,1H3,(H,16,19)/t12-/m0/s1. The molecule has 2 rings (SSSR count). The molecule has 0 aromatic heterocycles. The molecule has 1 aliphatic rings. The lowest BCUT2D eigenvalue weighted by Crippen LogP contribution is -2.49. The van der Waals surface area contributed by atoms with Crippen LogP contribution in [0, 0.1) is 0 Å². The van der Waals surface area contributed by atoms with Crippen molar-refractivity contribution in [2.24, 2.45) is 0 Å². The fourth-order valence-corrected chi connectivity index (χ4v) is 1.98. The van der Waals surface area contributed by atoms with E-state index in [1.807, 2.05) is 30.3 Å². The predicted molar refractivity (Wildman–Crippen MR) is 74.1 cm³/mol. The number of amides is 2. The van der Waals surface area contributed by atoms with E-state index >= 15 is 0 Å². The summed E-state index contributed by atoms with van der Waals surface area (Å²) in [4.78, 5) is 25.3. The van der Waals surface area contributed by atoms with Gasteiger partial charge in [-0.25, -0.2) is 4.79 Å². The minimum atomic E-state index is -0.579. The van der Waals surface area contributed by atoms with E-state index in [2.05, 4.69) is 10.6 Å². The summed E-state index contributed by atoms with van der Waals surface area (Å²) >= 11 is 0. The number of ether oxygens (including phenoxy) is 1. The van der Waals surface area contributed by atoms with Crippen LogP contribution in [0.25, 0.3) is 0 Å². The van der Waals surface area contributed by atoms with E-state index in [9.17, 15) is 9.59 Å². The number of alkyl carbamates (subject to hydrolysis) is 1. The largest absolute Gasteiger partial charge is 0.445 e. The number of carbonyl (C=O) groups is 2. The van der Waals surface area contributed by atoms with Gasteiger partial charge in [-0.2, -0.15) is 0 Å². The van der Waals surface area contributed by atoms with Gasteiger partial charge in [0.05, 0.1) is 0 Å². The number of hydrogen-bond acceptors (Lipinski definition) is 4. The van der Waals surface area contributed by atoms with Crippen molar-refractivity contribution in [1.29, 1.82) is 0 Å². The summed E-state index contributed by atoms with van der Waals surface area (Å²) in [5.74, 6) is -0.105. The maximum atomic E-state index is 12.0. The molecule has 6 heteroatoms. The number of likely N-dealkylation sites (N-methyl/N-ethyl adjacent to an activating group) is 1. The molecule has 1 fully saturated rings. The predicted octanol–water partition coefficient (Wildman–Crippen LogP) is 0.343. The van der Waals surface area contributed by atoms with Gasteiger partial charge in [0.15, 0.2) is 0 Å². The highest BCUT2D eigenvalue weighted by Crippen LogP contribution is 2.02. The van der Waals surface area contributed by atoms with Crippen LogP contribution >= 0.6 is 0 Å². The first kappa shape index (κ1) is 14.3. The van der Waals surface area contributed by atoms with Gasteiger partial charge in [0.25, 0.3) is 0 Å². The van der Waals surface area contributed by atoms with Gasteiger partial charge in [0, 0.05) is 26.7 Å². The second kappa shape index (κ2) is 6.91. The Balaban J connectivity index is 1.83. The molecule has 6 nitrogen and oxygen atoms in total. The molecule has 1 aromatic carbocycles. The second-order valence-corrected chi connectivity index (χ2v) is 4.72. The molecule has 1 aliphatic heterocycles. The molecule has 0 bridgehead atoms. The Morgan fingerprint density at radius 2 is 2.20 bits per heavy atom. The molecule has 108 valence electrons. The molecule has 2 N–H and O–H groups in total. The normalized spacial score (nSPS) is 19.4. The van der Waals surface area contributed by atoms with Crippen molar-refractivity contribution < 1.29 is 14.3 Å². The Hall–Kier alpha value is -2.08. The Bertz CT molecular complexity index is 464. The molecule has 2 amide bonds. The monoisotopic (exact) mass is 277 g/mol. The van der Waals surface area contributed by atoms with Gasteiger partial charge in [-0.3, -0.25) is 4.79 Å². The maximum absolute atomic E-state index is 12.0. The first-order valence-electron chi connectivity index (χ1n) is 6.60. The van der Waals surface area contributed by atoms with Crippen molar-refractivity contribution in [3.8, 4) is 0 Å². The summed E-state index contributed by atoms with van der Waals surface area (Å²) in [7, 11) is 1.72. The van der Waals surface area contributed by atoms with Crippen LogP contribution in [0.1, 0.15) is 5.56 Å². The van der Waals surface area contributed by atoms with E-state index in [1.165, 1.54) is 0 Å². The Kier molecular flexibility index (Phi) is 4.95. The fraction of sp³-hybridized carbons (Fsp3) is 0.429. The zero-order valence-electron chi connectivity index (χ0n) is 11.5. The highest BCUT2D eigenvalue weighted by molar-refractivity contribution is 5.86. The third-order valence-corrected chi connectivity index (χ3v) is 3.15. The van der Waals surface area contributed by atoms with Gasteiger partial charge in [0.2, 0.25) is 5.91 Å². The van der Waals surface area contributed by atoms with Crippen LogP contribution in [0.15, 0.2) is 30.3 Å². The molecule has 0 unspecified atom stereocenters. The van der Waals surface area contributed by atoms with E-state index in [4.69, 9.17) is 4.74 Å². The Labute approximate surface area is 118 Å². The lowest BCUT2D eigenvalue weighted by Gasteiger charge is -2.20. The van der Waals surface area contributed by atoms with Crippen LogP contribution in [-0.4, -0.2) is 49.6 Å². The maximum Gasteiger partial charge on any atom is 0.408 e. The van der Waals surface area contributed by atoms with Crippen molar-refractivity contribution in [3.05, 3.63) is 35.9 Å². The summed E-state index contributed by atoms with van der Waals surface area (Å²) in [6.07, 6.45) is -0.579. The van der Waals surface area contributed by atoms with Crippen LogP contribution in [0.4, 0.5) is 4.79 Å². The zero-order valence-corrected chi connectivity index (χ0v) is 11.5.